The molecule has 1 aromatic heterocycles. The second kappa shape index (κ2) is 6.32. The largest absolute Gasteiger partial charge is 0.205 e. The molecule has 1 heterocycles. The zero-order chi connectivity index (χ0) is 14.7. The molecule has 4 heteroatoms. The summed E-state index contributed by atoms with van der Waals surface area (Å²) in [6.07, 6.45) is 3.92. The molecule has 2 aromatic rings. The van der Waals surface area contributed by atoms with Gasteiger partial charge in [0, 0.05) is 10.4 Å². The van der Waals surface area contributed by atoms with Gasteiger partial charge in [0.2, 0.25) is 0 Å². The highest BCUT2D eigenvalue weighted by Gasteiger charge is 2.20. The first-order valence-corrected chi connectivity index (χ1v) is 7.98. The topological polar surface area (TPSA) is 12.4 Å². The summed E-state index contributed by atoms with van der Waals surface area (Å²) in [6.45, 7) is 0. The van der Waals surface area contributed by atoms with Crippen LogP contribution < -0.4 is 0 Å². The Labute approximate surface area is 132 Å². The van der Waals surface area contributed by atoms with E-state index in [1.165, 1.54) is 30.2 Å². The average Bonchev–Trinajstić information content (AvgIpc) is 2.86. The molecule has 21 heavy (non-hydrogen) atoms. The molecule has 3 rings (SSSR count). The number of hydrogen-bond acceptors (Lipinski definition) is 3. The average molecular weight is 313 g/mol. The molecule has 0 saturated heterocycles. The Balaban J connectivity index is 1.78. The minimum absolute atomic E-state index is 0.193. The van der Waals surface area contributed by atoms with Crippen molar-refractivity contribution in [2.75, 3.05) is 0 Å². The summed E-state index contributed by atoms with van der Waals surface area (Å²) in [5, 5.41) is 2.16. The third-order valence-corrected chi connectivity index (χ3v) is 4.83. The molecule has 104 valence electrons. The van der Waals surface area contributed by atoms with Gasteiger partial charge in [0.1, 0.15) is 5.69 Å². The van der Waals surface area contributed by atoms with Crippen LogP contribution in [0, 0.1) is 17.7 Å². The van der Waals surface area contributed by atoms with Crippen LogP contribution in [0.2, 0.25) is 0 Å². The number of hydrogen-bond donors (Lipinski definition) is 0. The molecule has 1 saturated carbocycles. The van der Waals surface area contributed by atoms with E-state index in [0.29, 0.717) is 5.56 Å². The highest BCUT2D eigenvalue weighted by molar-refractivity contribution is 7.78. The van der Waals surface area contributed by atoms with E-state index in [9.17, 15) is 4.39 Å². The zero-order valence-corrected chi connectivity index (χ0v) is 12.9. The zero-order valence-electron chi connectivity index (χ0n) is 11.2. The predicted molar refractivity (Wildman–Crippen MR) is 88.0 cm³/mol. The lowest BCUT2D eigenvalue weighted by molar-refractivity contribution is 0.426. The van der Waals surface area contributed by atoms with Gasteiger partial charge in [-0.05, 0) is 61.3 Å². The van der Waals surface area contributed by atoms with Crippen molar-refractivity contribution in [2.24, 2.45) is 4.99 Å². The molecule has 0 atom stereocenters. The van der Waals surface area contributed by atoms with Gasteiger partial charge in [0.05, 0.1) is 10.0 Å². The molecule has 1 nitrogen and oxygen atoms in total. The highest BCUT2D eigenvalue weighted by Crippen LogP contribution is 2.39. The van der Waals surface area contributed by atoms with E-state index in [1.54, 1.807) is 23.5 Å². The number of aliphatic imine (C=N–C) groups is 1. The van der Waals surface area contributed by atoms with Gasteiger partial charge in [-0.25, -0.2) is 4.39 Å². The molecule has 0 amide bonds. The standard InChI is InChI=1S/C17H12FNS2/c18-15-10-12(5-8-16(15)19-11-20)4-6-14-7-9-17(21-14)13-2-1-3-13/h5,7-10,13H,1-3H2. The Morgan fingerprint density at radius 3 is 2.71 bits per heavy atom. The van der Waals surface area contributed by atoms with Crippen LogP contribution in [-0.4, -0.2) is 5.16 Å². The molecular formula is C17H12FNS2. The van der Waals surface area contributed by atoms with Gasteiger partial charge in [-0.3, -0.25) is 0 Å². The Kier molecular flexibility index (Phi) is 4.26. The summed E-state index contributed by atoms with van der Waals surface area (Å²) < 4.78 is 13.7. The van der Waals surface area contributed by atoms with Crippen molar-refractivity contribution < 1.29 is 4.39 Å². The summed E-state index contributed by atoms with van der Waals surface area (Å²) in [7, 11) is 0. The number of thiophene rings is 1. The van der Waals surface area contributed by atoms with E-state index in [2.05, 4.69) is 40.3 Å². The van der Waals surface area contributed by atoms with E-state index in [4.69, 9.17) is 0 Å². The van der Waals surface area contributed by atoms with Crippen molar-refractivity contribution in [2.45, 2.75) is 25.2 Å². The highest BCUT2D eigenvalue weighted by atomic mass is 32.1. The molecule has 1 fully saturated rings. The maximum absolute atomic E-state index is 13.7. The molecule has 0 spiro atoms. The third-order valence-electron chi connectivity index (χ3n) is 3.58. The van der Waals surface area contributed by atoms with E-state index in [0.717, 1.165) is 10.8 Å². The second-order valence-electron chi connectivity index (χ2n) is 4.95. The Hall–Kier alpha value is -1.79. The quantitative estimate of drug-likeness (QED) is 0.417. The monoisotopic (exact) mass is 313 g/mol. The van der Waals surface area contributed by atoms with Crippen LogP contribution in [-0.2, 0) is 0 Å². The van der Waals surface area contributed by atoms with E-state index in [-0.39, 0.29) is 5.69 Å². The fourth-order valence-corrected chi connectivity index (χ4v) is 3.32. The summed E-state index contributed by atoms with van der Waals surface area (Å²) in [5.74, 6) is 6.39. The molecule has 0 bridgehead atoms. The van der Waals surface area contributed by atoms with Crippen molar-refractivity contribution in [3.8, 4) is 11.8 Å². The SMILES string of the molecule is Fc1cc(C#Cc2ccc(C3CCC3)s2)ccc1N=C=S. The number of thiocarbonyl (C=S) groups is 1. The molecular weight excluding hydrogens is 301 g/mol. The van der Waals surface area contributed by atoms with Crippen LogP contribution >= 0.6 is 23.6 Å². The van der Waals surface area contributed by atoms with Gasteiger partial charge in [0.25, 0.3) is 0 Å². The summed E-state index contributed by atoms with van der Waals surface area (Å²) >= 11 is 6.21. The van der Waals surface area contributed by atoms with E-state index >= 15 is 0 Å². The minimum atomic E-state index is -0.430. The molecule has 0 unspecified atom stereocenters. The van der Waals surface area contributed by atoms with Crippen molar-refractivity contribution in [1.29, 1.82) is 0 Å². The van der Waals surface area contributed by atoms with Crippen LogP contribution in [0.3, 0.4) is 0 Å². The Morgan fingerprint density at radius 2 is 2.05 bits per heavy atom. The summed E-state index contributed by atoms with van der Waals surface area (Å²) in [4.78, 5) is 6.09. The number of nitrogens with zero attached hydrogens (tertiary/aromatic N) is 1. The number of benzene rings is 1. The third kappa shape index (κ3) is 3.28. The normalized spacial score (nSPS) is 13.8. The van der Waals surface area contributed by atoms with Gasteiger partial charge in [-0.2, -0.15) is 4.99 Å². The molecule has 0 N–H and O–H groups in total. The van der Waals surface area contributed by atoms with Gasteiger partial charge >= 0.3 is 0 Å². The predicted octanol–water partition coefficient (Wildman–Crippen LogP) is 5.29. The first kappa shape index (κ1) is 14.2. The molecule has 1 aliphatic rings. The van der Waals surface area contributed by atoms with Gasteiger partial charge in [-0.15, -0.1) is 11.3 Å². The maximum Gasteiger partial charge on any atom is 0.150 e. The van der Waals surface area contributed by atoms with E-state index in [1.807, 2.05) is 6.07 Å². The number of halogens is 1. The minimum Gasteiger partial charge on any atom is -0.205 e. The van der Waals surface area contributed by atoms with Gasteiger partial charge in [-0.1, -0.05) is 18.3 Å². The molecule has 1 aliphatic carbocycles. The van der Waals surface area contributed by atoms with Crippen molar-refractivity contribution in [1.82, 2.24) is 0 Å². The van der Waals surface area contributed by atoms with E-state index < -0.39 is 5.82 Å². The van der Waals surface area contributed by atoms with Gasteiger partial charge in [0.15, 0.2) is 5.82 Å². The van der Waals surface area contributed by atoms with Gasteiger partial charge < -0.3 is 0 Å². The molecule has 1 aromatic carbocycles. The fourth-order valence-electron chi connectivity index (χ4n) is 2.19. The van der Waals surface area contributed by atoms with Crippen LogP contribution in [0.4, 0.5) is 10.1 Å². The molecule has 0 radical (unpaired) electrons. The van der Waals surface area contributed by atoms with Crippen molar-refractivity contribution >= 4 is 34.4 Å². The number of isothiocyanates is 1. The smallest absolute Gasteiger partial charge is 0.150 e. The van der Waals surface area contributed by atoms with Crippen molar-refractivity contribution in [3.63, 3.8) is 0 Å². The lowest BCUT2D eigenvalue weighted by Crippen LogP contribution is -2.06. The number of rotatable bonds is 2. The summed E-state index contributed by atoms with van der Waals surface area (Å²) in [6, 6.07) is 8.89. The lowest BCUT2D eigenvalue weighted by Gasteiger charge is -2.23. The maximum atomic E-state index is 13.7. The second-order valence-corrected chi connectivity index (χ2v) is 6.25. The van der Waals surface area contributed by atoms with Crippen LogP contribution in [0.1, 0.15) is 40.5 Å². The van der Waals surface area contributed by atoms with Crippen LogP contribution in [0.5, 0.6) is 0 Å². The first-order chi connectivity index (χ1) is 10.3. The lowest BCUT2D eigenvalue weighted by atomic mass is 9.84. The Morgan fingerprint density at radius 1 is 1.19 bits per heavy atom. The van der Waals surface area contributed by atoms with Crippen LogP contribution in [0.15, 0.2) is 35.3 Å². The Bertz CT molecular complexity index is 772. The first-order valence-electron chi connectivity index (χ1n) is 6.75. The van der Waals surface area contributed by atoms with Crippen molar-refractivity contribution in [3.05, 3.63) is 51.5 Å². The fraction of sp³-hybridized carbons (Fsp3) is 0.235. The summed E-state index contributed by atoms with van der Waals surface area (Å²) in [5.41, 5.74) is 0.827. The molecule has 0 aliphatic heterocycles. The van der Waals surface area contributed by atoms with Crippen LogP contribution in [0.25, 0.3) is 0 Å².